The van der Waals surface area contributed by atoms with Crippen LogP contribution >= 0.6 is 22.9 Å². The number of H-pyrrole nitrogens is 1. The SMILES string of the molecule is Cc1ccc(NC(=O)Cc2c(C)[nH]n(-c3nc(-c4ccccc4)cs3)c2=O)cc1Cl. The molecule has 0 spiro atoms. The lowest BCUT2D eigenvalue weighted by Crippen LogP contribution is -2.22. The van der Waals surface area contributed by atoms with E-state index in [9.17, 15) is 9.59 Å². The topological polar surface area (TPSA) is 79.8 Å². The fourth-order valence-corrected chi connectivity index (χ4v) is 4.04. The minimum atomic E-state index is -0.287. The van der Waals surface area contributed by atoms with Gasteiger partial charge >= 0.3 is 0 Å². The average molecular weight is 439 g/mol. The van der Waals surface area contributed by atoms with Gasteiger partial charge in [0.1, 0.15) is 0 Å². The summed E-state index contributed by atoms with van der Waals surface area (Å²) in [6.45, 7) is 3.66. The van der Waals surface area contributed by atoms with E-state index < -0.39 is 0 Å². The molecule has 2 aromatic heterocycles. The molecule has 0 saturated carbocycles. The number of aromatic nitrogens is 3. The third-order valence-corrected chi connectivity index (χ3v) is 5.97. The maximum atomic E-state index is 12.9. The summed E-state index contributed by atoms with van der Waals surface area (Å²) in [5.74, 6) is -0.287. The summed E-state index contributed by atoms with van der Waals surface area (Å²) in [6, 6.07) is 15.1. The highest BCUT2D eigenvalue weighted by atomic mass is 35.5. The molecule has 30 heavy (non-hydrogen) atoms. The van der Waals surface area contributed by atoms with Crippen molar-refractivity contribution in [1.82, 2.24) is 14.8 Å². The fraction of sp³-hybridized carbons (Fsp3) is 0.136. The molecule has 0 aliphatic heterocycles. The summed E-state index contributed by atoms with van der Waals surface area (Å²) < 4.78 is 1.39. The first-order valence-corrected chi connectivity index (χ1v) is 10.6. The second-order valence-corrected chi connectivity index (χ2v) is 8.17. The lowest BCUT2D eigenvalue weighted by Gasteiger charge is -2.06. The molecule has 0 unspecified atom stereocenters. The molecule has 2 N–H and O–H groups in total. The number of nitrogens with one attached hydrogen (secondary N) is 2. The Balaban J connectivity index is 1.55. The summed E-state index contributed by atoms with van der Waals surface area (Å²) in [5.41, 5.74) is 4.06. The molecular weight excluding hydrogens is 420 g/mol. The van der Waals surface area contributed by atoms with Gasteiger partial charge in [0.15, 0.2) is 0 Å². The van der Waals surface area contributed by atoms with E-state index in [4.69, 9.17) is 11.6 Å². The summed E-state index contributed by atoms with van der Waals surface area (Å²) in [5, 5.41) is 8.83. The van der Waals surface area contributed by atoms with Gasteiger partial charge in [0.2, 0.25) is 11.0 Å². The number of anilines is 1. The van der Waals surface area contributed by atoms with Crippen LogP contribution in [0.4, 0.5) is 5.69 Å². The van der Waals surface area contributed by atoms with Gasteiger partial charge in [-0.25, -0.2) is 4.98 Å². The van der Waals surface area contributed by atoms with E-state index >= 15 is 0 Å². The number of hydrogen-bond acceptors (Lipinski definition) is 4. The number of carbonyl (C=O) groups excluding carboxylic acids is 1. The van der Waals surface area contributed by atoms with Crippen molar-refractivity contribution in [1.29, 1.82) is 0 Å². The van der Waals surface area contributed by atoms with Crippen molar-refractivity contribution < 1.29 is 4.79 Å². The molecule has 0 atom stereocenters. The first kappa shape index (κ1) is 20.1. The molecule has 1 amide bonds. The van der Waals surface area contributed by atoms with Gasteiger partial charge in [-0.05, 0) is 31.5 Å². The van der Waals surface area contributed by atoms with Gasteiger partial charge in [-0.2, -0.15) is 4.68 Å². The molecule has 8 heteroatoms. The maximum Gasteiger partial charge on any atom is 0.277 e. The predicted molar refractivity (Wildman–Crippen MR) is 121 cm³/mol. The smallest absolute Gasteiger partial charge is 0.277 e. The summed E-state index contributed by atoms with van der Waals surface area (Å²) in [7, 11) is 0. The molecule has 0 radical (unpaired) electrons. The minimum Gasteiger partial charge on any atom is -0.326 e. The molecule has 0 aliphatic rings. The van der Waals surface area contributed by atoms with Gasteiger partial charge in [0, 0.05) is 32.9 Å². The zero-order valence-corrected chi connectivity index (χ0v) is 18.0. The Hall–Kier alpha value is -3.16. The van der Waals surface area contributed by atoms with Gasteiger partial charge in [-0.15, -0.1) is 11.3 Å². The number of hydrogen-bond donors (Lipinski definition) is 2. The second-order valence-electron chi connectivity index (χ2n) is 6.93. The molecule has 2 aromatic carbocycles. The van der Waals surface area contributed by atoms with E-state index in [1.165, 1.54) is 16.0 Å². The van der Waals surface area contributed by atoms with Crippen LogP contribution in [-0.2, 0) is 11.2 Å². The number of amides is 1. The first-order valence-electron chi connectivity index (χ1n) is 9.30. The van der Waals surface area contributed by atoms with Crippen molar-refractivity contribution in [2.45, 2.75) is 20.3 Å². The van der Waals surface area contributed by atoms with Gasteiger partial charge in [-0.3, -0.25) is 14.7 Å². The van der Waals surface area contributed by atoms with Crippen LogP contribution in [0.5, 0.6) is 0 Å². The third kappa shape index (κ3) is 4.08. The molecule has 0 bridgehead atoms. The normalized spacial score (nSPS) is 10.9. The number of halogens is 1. The molecule has 6 nitrogen and oxygen atoms in total. The van der Waals surface area contributed by atoms with Crippen LogP contribution in [0.3, 0.4) is 0 Å². The van der Waals surface area contributed by atoms with Crippen molar-refractivity contribution in [2.24, 2.45) is 0 Å². The lowest BCUT2D eigenvalue weighted by atomic mass is 10.1. The van der Waals surface area contributed by atoms with Gasteiger partial charge in [0.25, 0.3) is 5.56 Å². The molecule has 2 heterocycles. The summed E-state index contributed by atoms with van der Waals surface area (Å²) >= 11 is 7.47. The van der Waals surface area contributed by atoms with Crippen LogP contribution in [0.2, 0.25) is 5.02 Å². The van der Waals surface area contributed by atoms with E-state index in [2.05, 4.69) is 15.4 Å². The van der Waals surface area contributed by atoms with E-state index in [0.29, 0.717) is 27.1 Å². The highest BCUT2D eigenvalue weighted by Crippen LogP contribution is 2.23. The number of carbonyl (C=O) groups is 1. The molecule has 4 aromatic rings. The van der Waals surface area contributed by atoms with Crippen LogP contribution in [0, 0.1) is 13.8 Å². The average Bonchev–Trinajstić information content (AvgIpc) is 3.32. The molecule has 0 saturated heterocycles. The van der Waals surface area contributed by atoms with Crippen LogP contribution < -0.4 is 10.9 Å². The highest BCUT2D eigenvalue weighted by molar-refractivity contribution is 7.12. The molecule has 0 aliphatic carbocycles. The summed E-state index contributed by atoms with van der Waals surface area (Å²) in [4.78, 5) is 30.0. The van der Waals surface area contributed by atoms with Crippen LogP contribution in [-0.4, -0.2) is 20.7 Å². The zero-order valence-electron chi connectivity index (χ0n) is 16.4. The first-order chi connectivity index (χ1) is 14.4. The number of rotatable bonds is 5. The van der Waals surface area contributed by atoms with Crippen LogP contribution in [0.25, 0.3) is 16.4 Å². The van der Waals surface area contributed by atoms with Crippen LogP contribution in [0.15, 0.2) is 58.7 Å². The Morgan fingerprint density at radius 2 is 1.97 bits per heavy atom. The largest absolute Gasteiger partial charge is 0.326 e. The Bertz CT molecular complexity index is 1270. The summed E-state index contributed by atoms with van der Waals surface area (Å²) in [6.07, 6.45) is -0.0451. The Kier molecular flexibility index (Phi) is 5.57. The maximum absolute atomic E-state index is 12.9. The van der Waals surface area contributed by atoms with E-state index in [1.807, 2.05) is 48.7 Å². The number of nitrogens with zero attached hydrogens (tertiary/aromatic N) is 2. The molecule has 0 fully saturated rings. The van der Waals surface area contributed by atoms with Gasteiger partial charge in [-0.1, -0.05) is 48.0 Å². The fourth-order valence-electron chi connectivity index (χ4n) is 3.07. The number of thiazole rings is 1. The third-order valence-electron chi connectivity index (χ3n) is 4.74. The molecule has 4 rings (SSSR count). The molecular formula is C22H19ClN4O2S. The Morgan fingerprint density at radius 1 is 1.20 bits per heavy atom. The van der Waals surface area contributed by atoms with E-state index in [0.717, 1.165) is 16.8 Å². The highest BCUT2D eigenvalue weighted by Gasteiger charge is 2.18. The number of benzene rings is 2. The van der Waals surface area contributed by atoms with Crippen molar-refractivity contribution >= 4 is 34.5 Å². The van der Waals surface area contributed by atoms with Crippen molar-refractivity contribution in [3.05, 3.63) is 86.1 Å². The molecule has 152 valence electrons. The quantitative estimate of drug-likeness (QED) is 0.472. The minimum absolute atomic E-state index is 0.0451. The van der Waals surface area contributed by atoms with E-state index in [1.54, 1.807) is 19.1 Å². The van der Waals surface area contributed by atoms with Crippen molar-refractivity contribution in [2.75, 3.05) is 5.32 Å². The van der Waals surface area contributed by atoms with Crippen molar-refractivity contribution in [3.8, 4) is 16.4 Å². The Labute approximate surface area is 182 Å². The predicted octanol–water partition coefficient (Wildman–Crippen LogP) is 4.74. The number of aryl methyl sites for hydroxylation is 2. The zero-order chi connectivity index (χ0) is 21.3. The monoisotopic (exact) mass is 438 g/mol. The van der Waals surface area contributed by atoms with Gasteiger partial charge < -0.3 is 5.32 Å². The van der Waals surface area contributed by atoms with Crippen LogP contribution in [0.1, 0.15) is 16.8 Å². The van der Waals surface area contributed by atoms with Crippen molar-refractivity contribution in [3.63, 3.8) is 0 Å². The Morgan fingerprint density at radius 3 is 2.70 bits per heavy atom. The second kappa shape index (κ2) is 8.30. The lowest BCUT2D eigenvalue weighted by molar-refractivity contribution is -0.115. The number of aromatic amines is 1. The van der Waals surface area contributed by atoms with Gasteiger partial charge in [0.05, 0.1) is 12.1 Å². The van der Waals surface area contributed by atoms with E-state index in [-0.39, 0.29) is 17.9 Å². The standard InChI is InChI=1S/C22H19ClN4O2S/c1-13-8-9-16(10-18(13)23)24-20(28)11-17-14(2)26-27(21(17)29)22-25-19(12-30-22)15-6-4-3-5-7-15/h3-10,12,26H,11H2,1-2H3,(H,24,28).